The van der Waals surface area contributed by atoms with Crippen LogP contribution in [0.2, 0.25) is 0 Å². The van der Waals surface area contributed by atoms with Crippen LogP contribution in [0, 0.1) is 0 Å². The van der Waals surface area contributed by atoms with Crippen molar-refractivity contribution >= 4 is 27.3 Å². The standard InChI is InChI=1S/C11H12N4O3S/c12-7-5-9(14-6-7)11(16)15-8-3-1-2-4-10(8)19(13,17)18/h1-6,14H,12H2,(H,15,16)(H2,13,17,18). The quantitative estimate of drug-likeness (QED) is 0.651. The van der Waals surface area contributed by atoms with E-state index < -0.39 is 15.9 Å². The molecule has 19 heavy (non-hydrogen) atoms. The Labute approximate surface area is 109 Å². The summed E-state index contributed by atoms with van der Waals surface area (Å²) >= 11 is 0. The van der Waals surface area contributed by atoms with E-state index in [9.17, 15) is 13.2 Å². The van der Waals surface area contributed by atoms with E-state index in [1.807, 2.05) is 0 Å². The van der Waals surface area contributed by atoms with Gasteiger partial charge >= 0.3 is 0 Å². The maximum atomic E-state index is 11.9. The van der Waals surface area contributed by atoms with Gasteiger partial charge in [0.25, 0.3) is 5.91 Å². The number of hydrogen-bond donors (Lipinski definition) is 4. The molecule has 0 aliphatic heterocycles. The highest BCUT2D eigenvalue weighted by atomic mass is 32.2. The van der Waals surface area contributed by atoms with Gasteiger partial charge in [0.1, 0.15) is 10.6 Å². The monoisotopic (exact) mass is 280 g/mol. The van der Waals surface area contributed by atoms with Crippen molar-refractivity contribution in [1.82, 2.24) is 4.98 Å². The molecule has 100 valence electrons. The maximum absolute atomic E-state index is 11.9. The van der Waals surface area contributed by atoms with E-state index >= 15 is 0 Å². The van der Waals surface area contributed by atoms with Gasteiger partial charge < -0.3 is 16.0 Å². The molecule has 0 saturated carbocycles. The van der Waals surface area contributed by atoms with Gasteiger partial charge in [0.15, 0.2) is 0 Å². The Bertz CT molecular complexity index is 721. The minimum Gasteiger partial charge on any atom is -0.397 e. The normalized spacial score (nSPS) is 11.2. The van der Waals surface area contributed by atoms with Crippen molar-refractivity contribution in [3.8, 4) is 0 Å². The highest BCUT2D eigenvalue weighted by Crippen LogP contribution is 2.20. The van der Waals surface area contributed by atoms with E-state index in [4.69, 9.17) is 10.9 Å². The Morgan fingerprint density at radius 2 is 1.95 bits per heavy atom. The largest absolute Gasteiger partial charge is 0.397 e. The van der Waals surface area contributed by atoms with Crippen molar-refractivity contribution in [3.63, 3.8) is 0 Å². The average Bonchev–Trinajstić information content (AvgIpc) is 2.75. The highest BCUT2D eigenvalue weighted by molar-refractivity contribution is 7.89. The van der Waals surface area contributed by atoms with Gasteiger partial charge in [0, 0.05) is 11.9 Å². The number of carbonyl (C=O) groups is 1. The molecular formula is C11H12N4O3S. The van der Waals surface area contributed by atoms with E-state index in [-0.39, 0.29) is 16.3 Å². The molecule has 0 fully saturated rings. The Morgan fingerprint density at radius 1 is 1.26 bits per heavy atom. The minimum atomic E-state index is -3.91. The number of nitrogens with one attached hydrogen (secondary N) is 2. The maximum Gasteiger partial charge on any atom is 0.272 e. The predicted octanol–water partition coefficient (Wildman–Crippen LogP) is 0.497. The van der Waals surface area contributed by atoms with Crippen LogP contribution in [-0.2, 0) is 10.0 Å². The molecule has 2 rings (SSSR count). The van der Waals surface area contributed by atoms with Crippen LogP contribution in [0.25, 0.3) is 0 Å². The minimum absolute atomic E-state index is 0.114. The Kier molecular flexibility index (Phi) is 3.28. The third-order valence-corrected chi connectivity index (χ3v) is 3.36. The van der Waals surface area contributed by atoms with Crippen LogP contribution in [-0.4, -0.2) is 19.3 Å². The molecule has 0 aliphatic rings. The molecule has 8 heteroatoms. The summed E-state index contributed by atoms with van der Waals surface area (Å²) in [6.45, 7) is 0. The Morgan fingerprint density at radius 3 is 2.53 bits per heavy atom. The molecule has 1 amide bonds. The molecule has 6 N–H and O–H groups in total. The number of hydrogen-bond acceptors (Lipinski definition) is 4. The van der Waals surface area contributed by atoms with Crippen LogP contribution in [0.1, 0.15) is 10.5 Å². The lowest BCUT2D eigenvalue weighted by molar-refractivity contribution is 0.102. The van der Waals surface area contributed by atoms with Crippen LogP contribution >= 0.6 is 0 Å². The summed E-state index contributed by atoms with van der Waals surface area (Å²) < 4.78 is 22.7. The molecule has 1 aromatic heterocycles. The lowest BCUT2D eigenvalue weighted by Gasteiger charge is -2.08. The molecule has 0 bridgehead atoms. The molecule has 0 atom stereocenters. The number of H-pyrrole nitrogens is 1. The number of nitrogens with two attached hydrogens (primary N) is 2. The molecule has 2 aromatic rings. The van der Waals surface area contributed by atoms with Gasteiger partial charge in [0.05, 0.1) is 5.69 Å². The fraction of sp³-hybridized carbons (Fsp3) is 0. The molecule has 1 heterocycles. The second-order valence-corrected chi connectivity index (χ2v) is 5.37. The smallest absolute Gasteiger partial charge is 0.272 e. The van der Waals surface area contributed by atoms with Crippen molar-refractivity contribution in [2.45, 2.75) is 4.90 Å². The summed E-state index contributed by atoms with van der Waals surface area (Å²) in [5.41, 5.74) is 6.23. The Hall–Kier alpha value is -2.32. The zero-order valence-electron chi connectivity index (χ0n) is 9.75. The van der Waals surface area contributed by atoms with Crippen LogP contribution in [0.4, 0.5) is 11.4 Å². The number of sulfonamides is 1. The van der Waals surface area contributed by atoms with Gasteiger partial charge in [0.2, 0.25) is 10.0 Å². The van der Waals surface area contributed by atoms with E-state index in [0.29, 0.717) is 5.69 Å². The number of carbonyl (C=O) groups excluding carboxylic acids is 1. The van der Waals surface area contributed by atoms with E-state index in [0.717, 1.165) is 0 Å². The summed E-state index contributed by atoms with van der Waals surface area (Å²) in [4.78, 5) is 14.4. The summed E-state index contributed by atoms with van der Waals surface area (Å²) in [5.74, 6) is -0.507. The fourth-order valence-corrected chi connectivity index (χ4v) is 2.24. The zero-order chi connectivity index (χ0) is 14.0. The lowest BCUT2D eigenvalue weighted by Crippen LogP contribution is -2.18. The fourth-order valence-electron chi connectivity index (χ4n) is 1.55. The van der Waals surface area contributed by atoms with Gasteiger partial charge in [-0.1, -0.05) is 12.1 Å². The molecular weight excluding hydrogens is 268 g/mol. The van der Waals surface area contributed by atoms with Gasteiger partial charge in [-0.3, -0.25) is 4.79 Å². The van der Waals surface area contributed by atoms with E-state index in [1.165, 1.54) is 30.5 Å². The van der Waals surface area contributed by atoms with Crippen molar-refractivity contribution in [1.29, 1.82) is 0 Å². The summed E-state index contributed by atoms with van der Waals surface area (Å²) in [7, 11) is -3.91. The molecule has 1 aromatic carbocycles. The second kappa shape index (κ2) is 4.75. The first-order valence-corrected chi connectivity index (χ1v) is 6.79. The number of benzene rings is 1. The number of aromatic amines is 1. The number of primary sulfonamides is 1. The predicted molar refractivity (Wildman–Crippen MR) is 71.0 cm³/mol. The average molecular weight is 280 g/mol. The molecule has 0 aliphatic carbocycles. The second-order valence-electron chi connectivity index (χ2n) is 3.84. The van der Waals surface area contributed by atoms with Crippen LogP contribution < -0.4 is 16.2 Å². The number of anilines is 2. The van der Waals surface area contributed by atoms with Crippen LogP contribution in [0.15, 0.2) is 41.4 Å². The first kappa shape index (κ1) is 13.1. The van der Waals surface area contributed by atoms with Crippen molar-refractivity contribution in [3.05, 3.63) is 42.2 Å². The molecule has 0 unspecified atom stereocenters. The van der Waals surface area contributed by atoms with Crippen LogP contribution in [0.5, 0.6) is 0 Å². The van der Waals surface area contributed by atoms with E-state index in [1.54, 1.807) is 6.07 Å². The van der Waals surface area contributed by atoms with Gasteiger partial charge in [-0.15, -0.1) is 0 Å². The number of para-hydroxylation sites is 1. The van der Waals surface area contributed by atoms with Gasteiger partial charge in [-0.05, 0) is 18.2 Å². The van der Waals surface area contributed by atoms with Crippen molar-refractivity contribution in [2.75, 3.05) is 11.1 Å². The number of rotatable bonds is 3. The Balaban J connectivity index is 2.32. The lowest BCUT2D eigenvalue weighted by atomic mass is 10.3. The third kappa shape index (κ3) is 2.92. The molecule has 7 nitrogen and oxygen atoms in total. The summed E-state index contributed by atoms with van der Waals surface area (Å²) in [6.07, 6.45) is 1.46. The molecule has 0 spiro atoms. The number of aromatic nitrogens is 1. The van der Waals surface area contributed by atoms with E-state index in [2.05, 4.69) is 10.3 Å². The van der Waals surface area contributed by atoms with Crippen molar-refractivity contribution in [2.24, 2.45) is 5.14 Å². The highest BCUT2D eigenvalue weighted by Gasteiger charge is 2.16. The van der Waals surface area contributed by atoms with Gasteiger partial charge in [-0.25, -0.2) is 13.6 Å². The SMILES string of the molecule is Nc1c[nH]c(C(=O)Nc2ccccc2S(N)(=O)=O)c1. The molecule has 0 saturated heterocycles. The topological polar surface area (TPSA) is 131 Å². The summed E-state index contributed by atoms with van der Waals surface area (Å²) in [6, 6.07) is 7.31. The van der Waals surface area contributed by atoms with Gasteiger partial charge in [-0.2, -0.15) is 0 Å². The first-order chi connectivity index (χ1) is 8.88. The van der Waals surface area contributed by atoms with Crippen molar-refractivity contribution < 1.29 is 13.2 Å². The molecule has 0 radical (unpaired) electrons. The van der Waals surface area contributed by atoms with Crippen LogP contribution in [0.3, 0.4) is 0 Å². The number of amides is 1. The third-order valence-electron chi connectivity index (χ3n) is 2.39. The zero-order valence-corrected chi connectivity index (χ0v) is 10.6. The number of nitrogen functional groups attached to an aromatic ring is 1. The first-order valence-electron chi connectivity index (χ1n) is 5.25. The summed E-state index contributed by atoms with van der Waals surface area (Å²) in [5, 5.41) is 7.53.